The van der Waals surface area contributed by atoms with Gasteiger partial charge >= 0.3 is 5.97 Å². The Morgan fingerprint density at radius 2 is 1.79 bits per heavy atom. The van der Waals surface area contributed by atoms with Crippen molar-refractivity contribution in [1.82, 2.24) is 0 Å². The molecule has 0 saturated carbocycles. The van der Waals surface area contributed by atoms with Crippen LogP contribution in [0.5, 0.6) is 0 Å². The van der Waals surface area contributed by atoms with Gasteiger partial charge in [-0.3, -0.25) is 9.59 Å². The number of rotatable bonds is 6. The summed E-state index contributed by atoms with van der Waals surface area (Å²) in [5, 5.41) is 2.74. The molecule has 2 aromatic rings. The fourth-order valence-corrected chi connectivity index (χ4v) is 3.05. The average molecular weight is 380 g/mol. The van der Waals surface area contributed by atoms with E-state index in [9.17, 15) is 14.4 Å². The summed E-state index contributed by atoms with van der Waals surface area (Å²) in [6.07, 6.45) is 1.39. The first kappa shape index (κ1) is 19.6. The molecule has 1 atom stereocenters. The van der Waals surface area contributed by atoms with Gasteiger partial charge in [0.25, 0.3) is 5.91 Å². The number of ether oxygens (including phenoxy) is 1. The zero-order chi connectivity index (χ0) is 20.1. The third-order valence-electron chi connectivity index (χ3n) is 4.77. The molecule has 1 saturated heterocycles. The molecule has 146 valence electrons. The lowest BCUT2D eigenvalue weighted by atomic mass is 10.1. The molecule has 1 aliphatic rings. The Kier molecular flexibility index (Phi) is 6.09. The third kappa shape index (κ3) is 4.57. The van der Waals surface area contributed by atoms with Crippen molar-refractivity contribution in [3.8, 4) is 0 Å². The number of esters is 1. The Bertz CT molecular complexity index is 859. The SMILES string of the molecule is CCc1ccc(NC(=O)[C@H](C)OC(=O)c2ccc(N3CCCC3=O)cc2)cc1. The molecule has 6 nitrogen and oxygen atoms in total. The second-order valence-corrected chi connectivity index (χ2v) is 6.78. The molecular weight excluding hydrogens is 356 g/mol. The van der Waals surface area contributed by atoms with Crippen molar-refractivity contribution in [2.45, 2.75) is 39.2 Å². The monoisotopic (exact) mass is 380 g/mol. The maximum atomic E-state index is 12.3. The van der Waals surface area contributed by atoms with Crippen molar-refractivity contribution in [2.75, 3.05) is 16.8 Å². The number of carbonyl (C=O) groups excluding carboxylic acids is 3. The van der Waals surface area contributed by atoms with Crippen molar-refractivity contribution in [2.24, 2.45) is 0 Å². The Hall–Kier alpha value is -3.15. The summed E-state index contributed by atoms with van der Waals surface area (Å²) >= 11 is 0. The van der Waals surface area contributed by atoms with Crippen LogP contribution in [0.4, 0.5) is 11.4 Å². The van der Waals surface area contributed by atoms with Gasteiger partial charge in [0.15, 0.2) is 6.10 Å². The molecule has 1 N–H and O–H groups in total. The van der Waals surface area contributed by atoms with Gasteiger partial charge in [-0.25, -0.2) is 4.79 Å². The number of aryl methyl sites for hydroxylation is 1. The van der Waals surface area contributed by atoms with Gasteiger partial charge in [0.2, 0.25) is 5.91 Å². The lowest BCUT2D eigenvalue weighted by molar-refractivity contribution is -0.123. The van der Waals surface area contributed by atoms with Gasteiger partial charge in [-0.05, 0) is 61.7 Å². The highest BCUT2D eigenvalue weighted by atomic mass is 16.5. The molecule has 0 aliphatic carbocycles. The molecular formula is C22H24N2O4. The van der Waals surface area contributed by atoms with Crippen LogP contribution in [0, 0.1) is 0 Å². The second kappa shape index (κ2) is 8.69. The van der Waals surface area contributed by atoms with Crippen LogP contribution in [0.25, 0.3) is 0 Å². The van der Waals surface area contributed by atoms with E-state index < -0.39 is 18.0 Å². The van der Waals surface area contributed by atoms with E-state index in [1.807, 2.05) is 24.3 Å². The van der Waals surface area contributed by atoms with Crippen LogP contribution >= 0.6 is 0 Å². The molecule has 1 aliphatic heterocycles. The molecule has 0 spiro atoms. The standard InChI is InChI=1S/C22H24N2O4/c1-3-16-6-10-18(11-7-16)23-21(26)15(2)28-22(27)17-8-12-19(13-9-17)24-14-4-5-20(24)25/h6-13,15H,3-5,14H2,1-2H3,(H,23,26)/t15-/m0/s1. The Morgan fingerprint density at radius 1 is 1.11 bits per heavy atom. The van der Waals surface area contributed by atoms with Crippen LogP contribution in [0.3, 0.4) is 0 Å². The first-order valence-electron chi connectivity index (χ1n) is 9.49. The van der Waals surface area contributed by atoms with Crippen LogP contribution < -0.4 is 10.2 Å². The predicted molar refractivity (Wildman–Crippen MR) is 107 cm³/mol. The largest absolute Gasteiger partial charge is 0.449 e. The summed E-state index contributed by atoms with van der Waals surface area (Å²) < 4.78 is 5.27. The summed E-state index contributed by atoms with van der Waals surface area (Å²) in [5.41, 5.74) is 2.93. The highest BCUT2D eigenvalue weighted by Crippen LogP contribution is 2.22. The Labute approximate surface area is 164 Å². The number of nitrogens with zero attached hydrogens (tertiary/aromatic N) is 1. The number of hydrogen-bond donors (Lipinski definition) is 1. The summed E-state index contributed by atoms with van der Waals surface area (Å²) in [4.78, 5) is 38.1. The van der Waals surface area contributed by atoms with E-state index in [1.54, 1.807) is 29.2 Å². The van der Waals surface area contributed by atoms with Gasteiger partial charge < -0.3 is 15.0 Å². The zero-order valence-corrected chi connectivity index (χ0v) is 16.1. The summed E-state index contributed by atoms with van der Waals surface area (Å²) in [6.45, 7) is 4.29. The smallest absolute Gasteiger partial charge is 0.338 e. The number of anilines is 2. The van der Waals surface area contributed by atoms with Gasteiger partial charge in [-0.15, -0.1) is 0 Å². The summed E-state index contributed by atoms with van der Waals surface area (Å²) in [6, 6.07) is 14.2. The summed E-state index contributed by atoms with van der Waals surface area (Å²) in [5.74, 6) is -0.882. The van der Waals surface area contributed by atoms with E-state index in [1.165, 1.54) is 12.5 Å². The maximum Gasteiger partial charge on any atom is 0.338 e. The van der Waals surface area contributed by atoms with Crippen molar-refractivity contribution in [1.29, 1.82) is 0 Å². The van der Waals surface area contributed by atoms with Crippen LogP contribution in [-0.2, 0) is 20.7 Å². The normalized spacial score (nSPS) is 14.6. The second-order valence-electron chi connectivity index (χ2n) is 6.78. The third-order valence-corrected chi connectivity index (χ3v) is 4.77. The van der Waals surface area contributed by atoms with Gasteiger partial charge in [-0.2, -0.15) is 0 Å². The lowest BCUT2D eigenvalue weighted by Gasteiger charge is -2.16. The highest BCUT2D eigenvalue weighted by molar-refractivity contribution is 5.98. The number of benzene rings is 2. The van der Waals surface area contributed by atoms with E-state index in [4.69, 9.17) is 4.74 Å². The number of hydrogen-bond acceptors (Lipinski definition) is 4. The predicted octanol–water partition coefficient (Wildman–Crippen LogP) is 3.56. The minimum atomic E-state index is -0.932. The number of nitrogens with one attached hydrogen (secondary N) is 1. The number of carbonyl (C=O) groups is 3. The van der Waals surface area contributed by atoms with Crippen LogP contribution in [0.2, 0.25) is 0 Å². The van der Waals surface area contributed by atoms with E-state index in [0.717, 1.165) is 18.5 Å². The maximum absolute atomic E-state index is 12.3. The van der Waals surface area contributed by atoms with E-state index >= 15 is 0 Å². The molecule has 1 fully saturated rings. The zero-order valence-electron chi connectivity index (χ0n) is 16.1. The Balaban J connectivity index is 1.56. The lowest BCUT2D eigenvalue weighted by Crippen LogP contribution is -2.30. The molecule has 1 heterocycles. The molecule has 3 rings (SSSR count). The van der Waals surface area contributed by atoms with Crippen molar-refractivity contribution >= 4 is 29.2 Å². The van der Waals surface area contributed by atoms with Gasteiger partial charge in [0, 0.05) is 24.3 Å². The first-order chi connectivity index (χ1) is 13.5. The minimum absolute atomic E-state index is 0.0904. The first-order valence-corrected chi connectivity index (χ1v) is 9.49. The molecule has 28 heavy (non-hydrogen) atoms. The molecule has 0 aromatic heterocycles. The quantitative estimate of drug-likeness (QED) is 0.778. The van der Waals surface area contributed by atoms with Gasteiger partial charge in [-0.1, -0.05) is 19.1 Å². The van der Waals surface area contributed by atoms with E-state index in [-0.39, 0.29) is 5.91 Å². The number of amides is 2. The molecule has 0 unspecified atom stereocenters. The molecule has 6 heteroatoms. The highest BCUT2D eigenvalue weighted by Gasteiger charge is 2.23. The molecule has 0 radical (unpaired) electrons. The molecule has 2 aromatic carbocycles. The van der Waals surface area contributed by atoms with Gasteiger partial charge in [0.1, 0.15) is 0 Å². The molecule has 0 bridgehead atoms. The fourth-order valence-electron chi connectivity index (χ4n) is 3.05. The van der Waals surface area contributed by atoms with E-state index in [2.05, 4.69) is 12.2 Å². The van der Waals surface area contributed by atoms with Crippen LogP contribution in [-0.4, -0.2) is 30.4 Å². The average Bonchev–Trinajstić information content (AvgIpc) is 3.14. The van der Waals surface area contributed by atoms with Crippen LogP contribution in [0.15, 0.2) is 48.5 Å². The topological polar surface area (TPSA) is 75.7 Å². The van der Waals surface area contributed by atoms with E-state index in [0.29, 0.717) is 24.2 Å². The van der Waals surface area contributed by atoms with Crippen molar-refractivity contribution in [3.05, 3.63) is 59.7 Å². The fraction of sp³-hybridized carbons (Fsp3) is 0.318. The van der Waals surface area contributed by atoms with Crippen molar-refractivity contribution < 1.29 is 19.1 Å². The van der Waals surface area contributed by atoms with Crippen LogP contribution in [0.1, 0.15) is 42.6 Å². The summed E-state index contributed by atoms with van der Waals surface area (Å²) in [7, 11) is 0. The Morgan fingerprint density at radius 3 is 2.36 bits per heavy atom. The molecule has 2 amide bonds. The van der Waals surface area contributed by atoms with Crippen molar-refractivity contribution in [3.63, 3.8) is 0 Å². The van der Waals surface area contributed by atoms with Gasteiger partial charge in [0.05, 0.1) is 5.56 Å². The minimum Gasteiger partial charge on any atom is -0.449 e.